The lowest BCUT2D eigenvalue weighted by Gasteiger charge is -2.16. The van der Waals surface area contributed by atoms with Crippen molar-refractivity contribution in [3.8, 4) is 0 Å². The number of carboxylic acid groups (broad SMARTS) is 1. The van der Waals surface area contributed by atoms with Gasteiger partial charge in [0.25, 0.3) is 0 Å². The van der Waals surface area contributed by atoms with Gasteiger partial charge in [0.2, 0.25) is 0 Å². The lowest BCUT2D eigenvalue weighted by molar-refractivity contribution is -0.139. The van der Waals surface area contributed by atoms with E-state index < -0.39 is 12.0 Å². The summed E-state index contributed by atoms with van der Waals surface area (Å²) in [6.07, 6.45) is 1.51. The smallest absolute Gasteiger partial charge is 0.320 e. The third-order valence-electron chi connectivity index (χ3n) is 1.70. The molecular weight excluding hydrogens is 158 g/mol. The van der Waals surface area contributed by atoms with Crippen molar-refractivity contribution >= 4 is 5.97 Å². The second kappa shape index (κ2) is 5.97. The van der Waals surface area contributed by atoms with E-state index in [9.17, 15) is 4.79 Å². The van der Waals surface area contributed by atoms with Gasteiger partial charge in [0.1, 0.15) is 6.04 Å². The van der Waals surface area contributed by atoms with Crippen molar-refractivity contribution in [2.75, 3.05) is 6.61 Å². The third kappa shape index (κ3) is 5.09. The van der Waals surface area contributed by atoms with Crippen LogP contribution in [0.3, 0.4) is 0 Å². The molecule has 0 aromatic rings. The summed E-state index contributed by atoms with van der Waals surface area (Å²) in [5.41, 5.74) is 0. The molecule has 4 heteroatoms. The van der Waals surface area contributed by atoms with Crippen LogP contribution >= 0.6 is 0 Å². The zero-order valence-corrected chi connectivity index (χ0v) is 7.58. The molecule has 72 valence electrons. The van der Waals surface area contributed by atoms with E-state index in [-0.39, 0.29) is 12.6 Å². The largest absolute Gasteiger partial charge is 0.480 e. The van der Waals surface area contributed by atoms with E-state index >= 15 is 0 Å². The number of aliphatic hydroxyl groups excluding tert-OH is 1. The van der Waals surface area contributed by atoms with Gasteiger partial charge in [-0.3, -0.25) is 4.79 Å². The Labute approximate surface area is 72.6 Å². The zero-order valence-electron chi connectivity index (χ0n) is 7.58. The van der Waals surface area contributed by atoms with E-state index in [1.54, 1.807) is 6.92 Å². The quantitative estimate of drug-likeness (QED) is 0.539. The second-order valence-electron chi connectivity index (χ2n) is 2.99. The molecule has 0 heterocycles. The molecule has 0 aliphatic rings. The number of hydrogen-bond acceptors (Lipinski definition) is 3. The lowest BCUT2D eigenvalue weighted by Crippen LogP contribution is -2.39. The molecule has 0 rings (SSSR count). The molecule has 4 nitrogen and oxygen atoms in total. The Balaban J connectivity index is 3.53. The van der Waals surface area contributed by atoms with Gasteiger partial charge < -0.3 is 15.5 Å². The average molecular weight is 175 g/mol. The normalized spacial score (nSPS) is 15.6. The van der Waals surface area contributed by atoms with E-state index in [4.69, 9.17) is 10.2 Å². The highest BCUT2D eigenvalue weighted by atomic mass is 16.4. The highest BCUT2D eigenvalue weighted by Gasteiger charge is 2.12. The summed E-state index contributed by atoms with van der Waals surface area (Å²) in [5, 5.41) is 20.0. The van der Waals surface area contributed by atoms with Crippen molar-refractivity contribution in [3.05, 3.63) is 0 Å². The molecule has 0 aromatic heterocycles. The van der Waals surface area contributed by atoms with Gasteiger partial charge in [0.15, 0.2) is 0 Å². The first-order valence-corrected chi connectivity index (χ1v) is 4.17. The number of nitrogens with one attached hydrogen (secondary N) is 1. The monoisotopic (exact) mass is 175 g/mol. The molecule has 0 aliphatic carbocycles. The van der Waals surface area contributed by atoms with Gasteiger partial charge in [0, 0.05) is 12.6 Å². The summed E-state index contributed by atoms with van der Waals surface area (Å²) in [7, 11) is 0. The van der Waals surface area contributed by atoms with Gasteiger partial charge in [-0.05, 0) is 26.7 Å². The van der Waals surface area contributed by atoms with Crippen LogP contribution in [0.1, 0.15) is 26.7 Å². The minimum absolute atomic E-state index is 0.142. The van der Waals surface area contributed by atoms with Crippen LogP contribution in [0.15, 0.2) is 0 Å². The molecular formula is C8H17NO3. The Morgan fingerprint density at radius 1 is 1.50 bits per heavy atom. The molecule has 3 N–H and O–H groups in total. The predicted molar refractivity (Wildman–Crippen MR) is 46.0 cm³/mol. The molecule has 0 saturated carbocycles. The van der Waals surface area contributed by atoms with Crippen molar-refractivity contribution in [1.82, 2.24) is 5.32 Å². The predicted octanol–water partition coefficient (Wildman–Crippen LogP) is 0.210. The summed E-state index contributed by atoms with van der Waals surface area (Å²) in [6, 6.07) is -0.373. The Bertz CT molecular complexity index is 138. The topological polar surface area (TPSA) is 69.6 Å². The van der Waals surface area contributed by atoms with Gasteiger partial charge in [0.05, 0.1) is 0 Å². The van der Waals surface area contributed by atoms with Crippen LogP contribution in [0.2, 0.25) is 0 Å². The molecule has 2 atom stereocenters. The lowest BCUT2D eigenvalue weighted by atomic mass is 10.1. The molecule has 0 spiro atoms. The van der Waals surface area contributed by atoms with Crippen LogP contribution in [0.4, 0.5) is 0 Å². The molecule has 0 amide bonds. The highest BCUT2D eigenvalue weighted by molar-refractivity contribution is 5.72. The first-order chi connectivity index (χ1) is 5.57. The van der Waals surface area contributed by atoms with Crippen LogP contribution < -0.4 is 5.32 Å². The molecule has 0 aliphatic heterocycles. The van der Waals surface area contributed by atoms with Crippen molar-refractivity contribution < 1.29 is 15.0 Å². The summed E-state index contributed by atoms with van der Waals surface area (Å²) in [4.78, 5) is 10.4. The minimum atomic E-state index is -0.842. The summed E-state index contributed by atoms with van der Waals surface area (Å²) in [6.45, 7) is 3.68. The van der Waals surface area contributed by atoms with Gasteiger partial charge in [-0.25, -0.2) is 0 Å². The van der Waals surface area contributed by atoms with Gasteiger partial charge >= 0.3 is 5.97 Å². The molecule has 0 saturated heterocycles. The van der Waals surface area contributed by atoms with Crippen LogP contribution in [0.25, 0.3) is 0 Å². The van der Waals surface area contributed by atoms with Crippen molar-refractivity contribution in [3.63, 3.8) is 0 Å². The Kier molecular flexibility index (Phi) is 5.66. The Morgan fingerprint density at radius 3 is 2.50 bits per heavy atom. The maximum atomic E-state index is 10.4. The van der Waals surface area contributed by atoms with Gasteiger partial charge in [-0.2, -0.15) is 0 Å². The number of hydrogen-bond donors (Lipinski definition) is 3. The van der Waals surface area contributed by atoms with Crippen LogP contribution in [0, 0.1) is 0 Å². The standard InChI is InChI=1S/C8H17NO3/c1-6(4-3-5-10)9-7(2)8(11)12/h6-7,9-10H,3-5H2,1-2H3,(H,11,12). The summed E-state index contributed by atoms with van der Waals surface area (Å²) >= 11 is 0. The van der Waals surface area contributed by atoms with E-state index in [0.29, 0.717) is 6.42 Å². The maximum Gasteiger partial charge on any atom is 0.320 e. The number of aliphatic carboxylic acids is 1. The first-order valence-electron chi connectivity index (χ1n) is 4.17. The highest BCUT2D eigenvalue weighted by Crippen LogP contribution is 1.96. The summed E-state index contributed by atoms with van der Waals surface area (Å²) < 4.78 is 0. The molecule has 0 aromatic carbocycles. The van der Waals surface area contributed by atoms with Gasteiger partial charge in [-0.1, -0.05) is 0 Å². The molecule has 2 unspecified atom stereocenters. The van der Waals surface area contributed by atoms with Crippen LogP contribution in [0.5, 0.6) is 0 Å². The van der Waals surface area contributed by atoms with Crippen molar-refractivity contribution in [2.24, 2.45) is 0 Å². The molecule has 0 bridgehead atoms. The fraction of sp³-hybridized carbons (Fsp3) is 0.875. The van der Waals surface area contributed by atoms with Crippen molar-refractivity contribution in [1.29, 1.82) is 0 Å². The molecule has 0 radical (unpaired) electrons. The number of aliphatic hydroxyl groups is 1. The molecule has 0 fully saturated rings. The summed E-state index contributed by atoms with van der Waals surface area (Å²) in [5.74, 6) is -0.842. The number of rotatable bonds is 6. The fourth-order valence-electron chi connectivity index (χ4n) is 0.979. The first kappa shape index (κ1) is 11.4. The van der Waals surface area contributed by atoms with E-state index in [1.165, 1.54) is 0 Å². The number of carbonyl (C=O) groups is 1. The van der Waals surface area contributed by atoms with Crippen LogP contribution in [-0.2, 0) is 4.79 Å². The Morgan fingerprint density at radius 2 is 2.08 bits per heavy atom. The van der Waals surface area contributed by atoms with E-state index in [2.05, 4.69) is 5.32 Å². The SMILES string of the molecule is CC(CCCO)NC(C)C(=O)O. The number of carboxylic acids is 1. The third-order valence-corrected chi connectivity index (χ3v) is 1.70. The maximum absolute atomic E-state index is 10.4. The van der Waals surface area contributed by atoms with E-state index in [1.807, 2.05) is 6.92 Å². The van der Waals surface area contributed by atoms with Gasteiger partial charge in [-0.15, -0.1) is 0 Å². The van der Waals surface area contributed by atoms with E-state index in [0.717, 1.165) is 6.42 Å². The fourth-order valence-corrected chi connectivity index (χ4v) is 0.979. The second-order valence-corrected chi connectivity index (χ2v) is 2.99. The molecule has 12 heavy (non-hydrogen) atoms. The average Bonchev–Trinajstić information content (AvgIpc) is 2.00. The van der Waals surface area contributed by atoms with Crippen LogP contribution in [-0.4, -0.2) is 34.9 Å². The van der Waals surface area contributed by atoms with Crippen molar-refractivity contribution in [2.45, 2.75) is 38.8 Å². The minimum Gasteiger partial charge on any atom is -0.480 e. The Hall–Kier alpha value is -0.610. The zero-order chi connectivity index (χ0) is 9.56.